The van der Waals surface area contributed by atoms with Crippen LogP contribution in [0.3, 0.4) is 0 Å². The minimum atomic E-state index is -0.194. The Morgan fingerprint density at radius 1 is 1.10 bits per heavy atom. The molecule has 0 fully saturated rings. The first-order chi connectivity index (χ1) is 14.1. The van der Waals surface area contributed by atoms with Crippen LogP contribution in [0.15, 0.2) is 71.8 Å². The molecule has 5 nitrogen and oxygen atoms in total. The summed E-state index contributed by atoms with van der Waals surface area (Å²) in [5, 5.41) is 3.43. The van der Waals surface area contributed by atoms with E-state index in [1.807, 2.05) is 48.5 Å². The first-order valence-corrected chi connectivity index (χ1v) is 10.3. The van der Waals surface area contributed by atoms with Crippen molar-refractivity contribution in [1.29, 1.82) is 0 Å². The van der Waals surface area contributed by atoms with Crippen LogP contribution in [0.25, 0.3) is 20.7 Å². The van der Waals surface area contributed by atoms with E-state index >= 15 is 0 Å². The molecule has 6 heteroatoms. The molecule has 0 unspecified atom stereocenters. The van der Waals surface area contributed by atoms with E-state index in [2.05, 4.69) is 29.4 Å². The maximum atomic E-state index is 12.8. The minimum absolute atomic E-state index is 0.0357. The normalized spacial score (nSPS) is 10.9. The molecule has 1 N–H and O–H groups in total. The highest BCUT2D eigenvalue weighted by atomic mass is 32.1. The molecular weight excluding hydrogens is 382 g/mol. The average Bonchev–Trinajstić information content (AvgIpc) is 3.17. The third kappa shape index (κ3) is 4.27. The molecule has 146 valence electrons. The Morgan fingerprint density at radius 2 is 1.86 bits per heavy atom. The van der Waals surface area contributed by atoms with E-state index in [0.717, 1.165) is 16.9 Å². The lowest BCUT2D eigenvalue weighted by molar-refractivity contribution is -0.121. The Morgan fingerprint density at radius 3 is 2.66 bits per heavy atom. The number of hydrogen-bond acceptors (Lipinski definition) is 4. The van der Waals surface area contributed by atoms with E-state index in [-0.39, 0.29) is 18.0 Å². The molecule has 2 heterocycles. The van der Waals surface area contributed by atoms with Gasteiger partial charge in [-0.3, -0.25) is 14.2 Å². The molecule has 0 atom stereocenters. The number of hydrogen-bond donors (Lipinski definition) is 1. The SMILES string of the molecule is Cc1ccccc1CCNC(=O)Cn1cnc2sc(-c3ccccc3)cc2c1=O. The lowest BCUT2D eigenvalue weighted by Gasteiger charge is -2.08. The topological polar surface area (TPSA) is 64.0 Å². The zero-order valence-corrected chi connectivity index (χ0v) is 16.9. The summed E-state index contributed by atoms with van der Waals surface area (Å²) < 4.78 is 1.37. The van der Waals surface area contributed by atoms with Gasteiger partial charge in [-0.15, -0.1) is 11.3 Å². The van der Waals surface area contributed by atoms with Gasteiger partial charge in [0.1, 0.15) is 11.4 Å². The summed E-state index contributed by atoms with van der Waals surface area (Å²) in [6.07, 6.45) is 2.21. The van der Waals surface area contributed by atoms with Crippen molar-refractivity contribution < 1.29 is 4.79 Å². The summed E-state index contributed by atoms with van der Waals surface area (Å²) >= 11 is 1.48. The van der Waals surface area contributed by atoms with Gasteiger partial charge in [-0.05, 0) is 36.1 Å². The molecule has 2 aromatic heterocycles. The number of nitrogens with one attached hydrogen (secondary N) is 1. The summed E-state index contributed by atoms with van der Waals surface area (Å²) in [6.45, 7) is 2.55. The lowest BCUT2D eigenvalue weighted by atomic mass is 10.1. The highest BCUT2D eigenvalue weighted by molar-refractivity contribution is 7.21. The number of aromatic nitrogens is 2. The van der Waals surface area contributed by atoms with E-state index in [1.54, 1.807) is 0 Å². The Bertz CT molecular complexity index is 1210. The van der Waals surface area contributed by atoms with Crippen LogP contribution in [0.2, 0.25) is 0 Å². The fraction of sp³-hybridized carbons (Fsp3) is 0.174. The predicted octanol–water partition coefficient (Wildman–Crippen LogP) is 3.79. The van der Waals surface area contributed by atoms with Gasteiger partial charge in [0.05, 0.1) is 11.7 Å². The molecule has 0 spiro atoms. The van der Waals surface area contributed by atoms with Gasteiger partial charge < -0.3 is 5.32 Å². The Labute approximate surface area is 172 Å². The first kappa shape index (κ1) is 19.1. The molecular formula is C23H21N3O2S. The van der Waals surface area contributed by atoms with Crippen molar-refractivity contribution in [3.05, 3.63) is 88.5 Å². The highest BCUT2D eigenvalue weighted by Crippen LogP contribution is 2.30. The van der Waals surface area contributed by atoms with Gasteiger partial charge >= 0.3 is 0 Å². The second-order valence-electron chi connectivity index (χ2n) is 6.90. The summed E-state index contributed by atoms with van der Waals surface area (Å²) in [6, 6.07) is 19.9. The highest BCUT2D eigenvalue weighted by Gasteiger charge is 2.12. The van der Waals surface area contributed by atoms with Gasteiger partial charge in [0.15, 0.2) is 0 Å². The molecule has 2 aromatic carbocycles. The zero-order chi connectivity index (χ0) is 20.2. The summed E-state index contributed by atoms with van der Waals surface area (Å²) in [4.78, 5) is 31.2. The molecule has 29 heavy (non-hydrogen) atoms. The monoisotopic (exact) mass is 403 g/mol. The van der Waals surface area contributed by atoms with Gasteiger partial charge in [-0.2, -0.15) is 0 Å². The molecule has 4 aromatic rings. The summed E-state index contributed by atoms with van der Waals surface area (Å²) in [7, 11) is 0. The smallest absolute Gasteiger partial charge is 0.262 e. The van der Waals surface area contributed by atoms with E-state index in [1.165, 1.54) is 33.4 Å². The van der Waals surface area contributed by atoms with Gasteiger partial charge in [-0.1, -0.05) is 54.6 Å². The van der Waals surface area contributed by atoms with Crippen molar-refractivity contribution in [3.63, 3.8) is 0 Å². The van der Waals surface area contributed by atoms with E-state index in [0.29, 0.717) is 16.8 Å². The molecule has 0 saturated carbocycles. The molecule has 0 aliphatic heterocycles. The van der Waals surface area contributed by atoms with Crippen LogP contribution in [0, 0.1) is 6.92 Å². The minimum Gasteiger partial charge on any atom is -0.354 e. The van der Waals surface area contributed by atoms with Crippen LogP contribution in [-0.2, 0) is 17.8 Å². The van der Waals surface area contributed by atoms with Crippen molar-refractivity contribution in [2.75, 3.05) is 6.54 Å². The van der Waals surface area contributed by atoms with Crippen LogP contribution in [0.4, 0.5) is 0 Å². The number of rotatable bonds is 6. The van der Waals surface area contributed by atoms with Crippen molar-refractivity contribution >= 4 is 27.5 Å². The Balaban J connectivity index is 1.45. The molecule has 0 bridgehead atoms. The van der Waals surface area contributed by atoms with Gasteiger partial charge in [0, 0.05) is 11.4 Å². The van der Waals surface area contributed by atoms with E-state index < -0.39 is 0 Å². The molecule has 0 radical (unpaired) electrons. The number of carbonyl (C=O) groups excluding carboxylic acids is 1. The number of thiophene rings is 1. The molecule has 0 saturated heterocycles. The van der Waals surface area contributed by atoms with Crippen molar-refractivity contribution in [3.8, 4) is 10.4 Å². The van der Waals surface area contributed by atoms with Gasteiger partial charge in [0.25, 0.3) is 5.56 Å². The van der Waals surface area contributed by atoms with Crippen LogP contribution in [0.1, 0.15) is 11.1 Å². The van der Waals surface area contributed by atoms with Gasteiger partial charge in [0.2, 0.25) is 5.91 Å². The third-order valence-electron chi connectivity index (χ3n) is 4.87. The van der Waals surface area contributed by atoms with E-state index in [4.69, 9.17) is 0 Å². The number of aryl methyl sites for hydroxylation is 1. The second-order valence-corrected chi connectivity index (χ2v) is 7.93. The number of fused-ring (bicyclic) bond motifs is 1. The quantitative estimate of drug-likeness (QED) is 0.533. The van der Waals surface area contributed by atoms with E-state index in [9.17, 15) is 9.59 Å². The van der Waals surface area contributed by atoms with Crippen molar-refractivity contribution in [1.82, 2.24) is 14.9 Å². The van der Waals surface area contributed by atoms with Crippen LogP contribution < -0.4 is 10.9 Å². The number of nitrogens with zero attached hydrogens (tertiary/aromatic N) is 2. The number of benzene rings is 2. The summed E-state index contributed by atoms with van der Waals surface area (Å²) in [5.74, 6) is -0.194. The van der Waals surface area contributed by atoms with Gasteiger partial charge in [-0.25, -0.2) is 4.98 Å². The number of carbonyl (C=O) groups is 1. The largest absolute Gasteiger partial charge is 0.354 e. The Kier molecular flexibility index (Phi) is 5.53. The van der Waals surface area contributed by atoms with Crippen LogP contribution in [-0.4, -0.2) is 22.0 Å². The lowest BCUT2D eigenvalue weighted by Crippen LogP contribution is -2.33. The fourth-order valence-corrected chi connectivity index (χ4v) is 4.25. The predicted molar refractivity (Wildman–Crippen MR) is 117 cm³/mol. The first-order valence-electron chi connectivity index (χ1n) is 9.47. The average molecular weight is 404 g/mol. The fourth-order valence-electron chi connectivity index (χ4n) is 3.25. The summed E-state index contributed by atoms with van der Waals surface area (Å²) in [5.41, 5.74) is 3.27. The zero-order valence-electron chi connectivity index (χ0n) is 16.1. The second kappa shape index (κ2) is 8.41. The molecule has 0 aliphatic rings. The maximum absolute atomic E-state index is 12.8. The Hall–Kier alpha value is -3.25. The molecule has 4 rings (SSSR count). The standard InChI is InChI=1S/C23H21N3O2S/c1-16-7-5-6-8-17(16)11-12-24-21(27)14-26-15-25-22-19(23(26)28)13-20(29-22)18-9-3-2-4-10-18/h2-10,13,15H,11-12,14H2,1H3,(H,24,27). The third-order valence-corrected chi connectivity index (χ3v) is 5.96. The van der Waals surface area contributed by atoms with Crippen LogP contribution in [0.5, 0.6) is 0 Å². The maximum Gasteiger partial charge on any atom is 0.262 e. The number of amides is 1. The van der Waals surface area contributed by atoms with Crippen molar-refractivity contribution in [2.45, 2.75) is 19.9 Å². The molecule has 1 amide bonds. The van der Waals surface area contributed by atoms with Crippen LogP contribution >= 0.6 is 11.3 Å². The molecule has 0 aliphatic carbocycles. The van der Waals surface area contributed by atoms with Crippen molar-refractivity contribution in [2.24, 2.45) is 0 Å².